The van der Waals surface area contributed by atoms with E-state index in [1.807, 2.05) is 31.2 Å². The van der Waals surface area contributed by atoms with Crippen molar-refractivity contribution in [2.24, 2.45) is 0 Å². The molecule has 6 heteroatoms. The van der Waals surface area contributed by atoms with Gasteiger partial charge in [0.15, 0.2) is 0 Å². The fraction of sp³-hybridized carbons (Fsp3) is 0.400. The Balaban J connectivity index is 2.18. The topological polar surface area (TPSA) is 74.8 Å². The lowest BCUT2D eigenvalue weighted by atomic mass is 10.00. The Hall–Kier alpha value is -1.66. The largest absolute Gasteiger partial charge is 0.281 e. The third-order valence-electron chi connectivity index (χ3n) is 3.51. The first-order chi connectivity index (χ1) is 9.81. The van der Waals surface area contributed by atoms with E-state index in [-0.39, 0.29) is 10.9 Å². The maximum atomic E-state index is 12.3. The van der Waals surface area contributed by atoms with E-state index < -0.39 is 10.0 Å². The van der Waals surface area contributed by atoms with Crippen LogP contribution in [0.25, 0.3) is 0 Å². The predicted octanol–water partition coefficient (Wildman–Crippen LogP) is 2.88. The predicted molar refractivity (Wildman–Crippen MR) is 82.6 cm³/mol. The number of aromatic amines is 1. The maximum absolute atomic E-state index is 12.3. The molecule has 0 amide bonds. The third-order valence-corrected chi connectivity index (χ3v) is 5.16. The zero-order chi connectivity index (χ0) is 15.6. The molecule has 0 spiro atoms. The summed E-state index contributed by atoms with van der Waals surface area (Å²) in [6.45, 7) is 7.77. The van der Waals surface area contributed by atoms with Crippen molar-refractivity contribution < 1.29 is 8.42 Å². The van der Waals surface area contributed by atoms with E-state index in [9.17, 15) is 8.42 Å². The molecule has 0 aliphatic heterocycles. The minimum Gasteiger partial charge on any atom is -0.281 e. The SMILES string of the molecule is Cc1[nH]ncc1S(=O)(=O)NC(C)c1ccc(C(C)C)cc1. The fourth-order valence-electron chi connectivity index (χ4n) is 2.14. The van der Waals surface area contributed by atoms with Gasteiger partial charge in [-0.25, -0.2) is 13.1 Å². The second-order valence-corrected chi connectivity index (χ2v) is 7.21. The van der Waals surface area contributed by atoms with Gasteiger partial charge >= 0.3 is 0 Å². The lowest BCUT2D eigenvalue weighted by molar-refractivity contribution is 0.566. The average Bonchev–Trinajstić information content (AvgIpc) is 2.85. The molecule has 0 saturated carbocycles. The Morgan fingerprint density at radius 1 is 1.10 bits per heavy atom. The number of nitrogens with zero attached hydrogens (tertiary/aromatic N) is 1. The molecule has 0 radical (unpaired) electrons. The average molecular weight is 307 g/mol. The summed E-state index contributed by atoms with van der Waals surface area (Å²) in [6.07, 6.45) is 1.33. The van der Waals surface area contributed by atoms with Gasteiger partial charge in [0.1, 0.15) is 4.90 Å². The van der Waals surface area contributed by atoms with Gasteiger partial charge in [0.25, 0.3) is 0 Å². The van der Waals surface area contributed by atoms with Crippen LogP contribution in [0.1, 0.15) is 49.6 Å². The van der Waals surface area contributed by atoms with Crippen molar-refractivity contribution in [3.05, 3.63) is 47.3 Å². The van der Waals surface area contributed by atoms with Crippen LogP contribution in [0, 0.1) is 6.92 Å². The van der Waals surface area contributed by atoms with Crippen LogP contribution in [0.15, 0.2) is 35.4 Å². The zero-order valence-corrected chi connectivity index (χ0v) is 13.5. The van der Waals surface area contributed by atoms with Crippen LogP contribution < -0.4 is 4.72 Å². The number of hydrogen-bond donors (Lipinski definition) is 2. The van der Waals surface area contributed by atoms with E-state index in [0.29, 0.717) is 11.6 Å². The fourth-order valence-corrected chi connectivity index (χ4v) is 3.51. The molecule has 1 atom stereocenters. The van der Waals surface area contributed by atoms with E-state index in [4.69, 9.17) is 0 Å². The van der Waals surface area contributed by atoms with Crippen LogP contribution in [0.4, 0.5) is 0 Å². The Labute approximate surface area is 125 Å². The van der Waals surface area contributed by atoms with Crippen molar-refractivity contribution in [3.8, 4) is 0 Å². The number of rotatable bonds is 5. The molecule has 2 rings (SSSR count). The van der Waals surface area contributed by atoms with Crippen molar-refractivity contribution in [3.63, 3.8) is 0 Å². The Morgan fingerprint density at radius 2 is 1.67 bits per heavy atom. The number of nitrogens with one attached hydrogen (secondary N) is 2. The second kappa shape index (κ2) is 5.99. The molecular formula is C15H21N3O2S. The number of sulfonamides is 1. The molecule has 2 N–H and O–H groups in total. The minimum absolute atomic E-state index is 0.188. The van der Waals surface area contributed by atoms with Crippen molar-refractivity contribution in [2.75, 3.05) is 0 Å². The molecule has 1 aromatic carbocycles. The highest BCUT2D eigenvalue weighted by molar-refractivity contribution is 7.89. The maximum Gasteiger partial charge on any atom is 0.244 e. The minimum atomic E-state index is -3.57. The summed E-state index contributed by atoms with van der Waals surface area (Å²) in [5, 5.41) is 6.39. The van der Waals surface area contributed by atoms with Gasteiger partial charge in [-0.15, -0.1) is 0 Å². The van der Waals surface area contributed by atoms with Crippen LogP contribution in [-0.4, -0.2) is 18.6 Å². The molecule has 5 nitrogen and oxygen atoms in total. The molecule has 0 saturated heterocycles. The van der Waals surface area contributed by atoms with Crippen molar-refractivity contribution in [1.82, 2.24) is 14.9 Å². The van der Waals surface area contributed by atoms with E-state index in [1.54, 1.807) is 6.92 Å². The Kier molecular flexibility index (Phi) is 4.49. The summed E-state index contributed by atoms with van der Waals surface area (Å²) in [5.74, 6) is 0.458. The van der Waals surface area contributed by atoms with Gasteiger partial charge in [0.2, 0.25) is 10.0 Å². The van der Waals surface area contributed by atoms with E-state index >= 15 is 0 Å². The number of H-pyrrole nitrogens is 1. The normalized spacial score (nSPS) is 13.6. The molecule has 114 valence electrons. The summed E-state index contributed by atoms with van der Waals surface area (Å²) in [4.78, 5) is 0.188. The molecular weight excluding hydrogens is 286 g/mol. The Morgan fingerprint density at radius 3 is 2.14 bits per heavy atom. The van der Waals surface area contributed by atoms with Crippen LogP contribution in [-0.2, 0) is 10.0 Å². The van der Waals surface area contributed by atoms with E-state index in [0.717, 1.165) is 5.56 Å². The molecule has 21 heavy (non-hydrogen) atoms. The van der Waals surface area contributed by atoms with Crippen LogP contribution in [0.3, 0.4) is 0 Å². The molecule has 1 aromatic heterocycles. The molecule has 1 heterocycles. The van der Waals surface area contributed by atoms with Crippen LogP contribution in [0.5, 0.6) is 0 Å². The van der Waals surface area contributed by atoms with Crippen molar-refractivity contribution in [1.29, 1.82) is 0 Å². The van der Waals surface area contributed by atoms with Gasteiger partial charge in [-0.3, -0.25) is 5.10 Å². The summed E-state index contributed by atoms with van der Waals surface area (Å²) in [5.41, 5.74) is 2.70. The van der Waals surface area contributed by atoms with Crippen LogP contribution in [0.2, 0.25) is 0 Å². The molecule has 0 fully saturated rings. The van der Waals surface area contributed by atoms with Gasteiger partial charge in [0, 0.05) is 6.04 Å². The van der Waals surface area contributed by atoms with Gasteiger partial charge in [-0.2, -0.15) is 5.10 Å². The number of hydrogen-bond acceptors (Lipinski definition) is 3. The Bertz CT molecular complexity index is 703. The van der Waals surface area contributed by atoms with Crippen LogP contribution >= 0.6 is 0 Å². The molecule has 1 unspecified atom stereocenters. The highest BCUT2D eigenvalue weighted by Gasteiger charge is 2.21. The highest BCUT2D eigenvalue weighted by atomic mass is 32.2. The number of aryl methyl sites for hydroxylation is 1. The summed E-state index contributed by atoms with van der Waals surface area (Å²) in [6, 6.07) is 7.70. The zero-order valence-electron chi connectivity index (χ0n) is 12.7. The first-order valence-corrected chi connectivity index (χ1v) is 8.41. The van der Waals surface area contributed by atoms with E-state index in [1.165, 1.54) is 11.8 Å². The summed E-state index contributed by atoms with van der Waals surface area (Å²) < 4.78 is 27.3. The van der Waals surface area contributed by atoms with Gasteiger partial charge < -0.3 is 0 Å². The summed E-state index contributed by atoms with van der Waals surface area (Å²) >= 11 is 0. The standard InChI is InChI=1S/C15H21N3O2S/c1-10(2)13-5-7-14(8-6-13)11(3)18-21(19,20)15-9-16-17-12(15)4/h5-11,18H,1-4H3,(H,16,17). The lowest BCUT2D eigenvalue weighted by Crippen LogP contribution is -2.27. The lowest BCUT2D eigenvalue weighted by Gasteiger charge is -2.15. The number of aromatic nitrogens is 2. The first-order valence-electron chi connectivity index (χ1n) is 6.93. The van der Waals surface area contributed by atoms with Gasteiger partial charge in [-0.1, -0.05) is 38.1 Å². The molecule has 2 aromatic rings. The third kappa shape index (κ3) is 3.51. The second-order valence-electron chi connectivity index (χ2n) is 5.52. The van der Waals surface area contributed by atoms with Gasteiger partial charge in [-0.05, 0) is 30.9 Å². The quantitative estimate of drug-likeness (QED) is 0.892. The van der Waals surface area contributed by atoms with Gasteiger partial charge in [0.05, 0.1) is 11.9 Å². The molecule has 0 aliphatic carbocycles. The smallest absolute Gasteiger partial charge is 0.244 e. The number of benzene rings is 1. The highest BCUT2D eigenvalue weighted by Crippen LogP contribution is 2.21. The molecule has 0 bridgehead atoms. The molecule has 0 aliphatic rings. The van der Waals surface area contributed by atoms with E-state index in [2.05, 4.69) is 28.8 Å². The first kappa shape index (κ1) is 15.7. The summed E-state index contributed by atoms with van der Waals surface area (Å²) in [7, 11) is -3.57. The van der Waals surface area contributed by atoms with Crippen molar-refractivity contribution >= 4 is 10.0 Å². The monoisotopic (exact) mass is 307 g/mol. The van der Waals surface area contributed by atoms with Crippen molar-refractivity contribution in [2.45, 2.75) is 44.6 Å².